The first-order chi connectivity index (χ1) is 10.2. The third-order valence-corrected chi connectivity index (χ3v) is 4.51. The second-order valence-electron chi connectivity index (χ2n) is 7.47. The van der Waals surface area contributed by atoms with Gasteiger partial charge in [-0.05, 0) is 63.5 Å². The molecule has 1 aromatic rings. The highest BCUT2D eigenvalue weighted by Crippen LogP contribution is 2.59. The lowest BCUT2D eigenvalue weighted by Gasteiger charge is -2.56. The minimum absolute atomic E-state index is 0.0547. The van der Waals surface area contributed by atoms with Gasteiger partial charge < -0.3 is 9.47 Å². The summed E-state index contributed by atoms with van der Waals surface area (Å²) in [4.78, 5) is 19.8. The van der Waals surface area contributed by atoms with Gasteiger partial charge in [0.15, 0.2) is 5.75 Å². The van der Waals surface area contributed by atoms with Crippen molar-refractivity contribution in [2.45, 2.75) is 58.2 Å². The van der Waals surface area contributed by atoms with Gasteiger partial charge in [-0.3, -0.25) is 4.79 Å². The van der Waals surface area contributed by atoms with Crippen LogP contribution in [-0.4, -0.2) is 27.6 Å². The van der Waals surface area contributed by atoms with Crippen LogP contribution in [0.2, 0.25) is 5.28 Å². The van der Waals surface area contributed by atoms with Crippen LogP contribution < -0.4 is 4.74 Å². The van der Waals surface area contributed by atoms with Crippen LogP contribution in [0.15, 0.2) is 12.4 Å². The third-order valence-electron chi connectivity index (χ3n) is 4.32. The molecule has 0 saturated heterocycles. The van der Waals surface area contributed by atoms with Crippen LogP contribution >= 0.6 is 11.6 Å². The first-order valence-corrected chi connectivity index (χ1v) is 8.00. The molecule has 1 heterocycles. The van der Waals surface area contributed by atoms with E-state index in [2.05, 4.69) is 9.97 Å². The van der Waals surface area contributed by atoms with Gasteiger partial charge in [0, 0.05) is 0 Å². The van der Waals surface area contributed by atoms with Crippen molar-refractivity contribution in [3.05, 3.63) is 17.7 Å². The SMILES string of the molecule is CC(C)(C)OC(=O)C1CC2(CC(Oc3cnc(Cl)nc3)C2)C1. The topological polar surface area (TPSA) is 61.3 Å². The molecule has 3 rings (SSSR count). The number of carbonyl (C=O) groups is 1. The molecule has 2 aliphatic rings. The molecule has 0 amide bonds. The molecule has 6 heteroatoms. The Balaban J connectivity index is 1.43. The summed E-state index contributed by atoms with van der Waals surface area (Å²) in [5, 5.41) is 0.219. The molecule has 2 fully saturated rings. The molecular formula is C16H21ClN2O3. The van der Waals surface area contributed by atoms with Crippen molar-refractivity contribution in [1.29, 1.82) is 0 Å². The van der Waals surface area contributed by atoms with Gasteiger partial charge in [-0.2, -0.15) is 0 Å². The number of ether oxygens (including phenoxy) is 2. The predicted octanol–water partition coefficient (Wildman–Crippen LogP) is 3.41. The Bertz CT molecular complexity index is 554. The van der Waals surface area contributed by atoms with Crippen molar-refractivity contribution < 1.29 is 14.3 Å². The maximum Gasteiger partial charge on any atom is 0.309 e. The number of nitrogens with zero attached hydrogens (tertiary/aromatic N) is 2. The summed E-state index contributed by atoms with van der Waals surface area (Å²) in [6.45, 7) is 5.71. The van der Waals surface area contributed by atoms with Gasteiger partial charge in [0.05, 0.1) is 24.4 Å². The summed E-state index contributed by atoms with van der Waals surface area (Å²) in [6.07, 6.45) is 7.15. The van der Waals surface area contributed by atoms with Crippen LogP contribution in [0.25, 0.3) is 0 Å². The van der Waals surface area contributed by atoms with E-state index in [1.54, 1.807) is 12.4 Å². The van der Waals surface area contributed by atoms with Crippen molar-refractivity contribution in [2.24, 2.45) is 11.3 Å². The van der Waals surface area contributed by atoms with Gasteiger partial charge in [-0.25, -0.2) is 9.97 Å². The molecule has 2 saturated carbocycles. The first kappa shape index (κ1) is 15.5. The summed E-state index contributed by atoms with van der Waals surface area (Å²) in [6, 6.07) is 0. The second kappa shape index (κ2) is 5.37. The lowest BCUT2D eigenvalue weighted by Crippen LogP contribution is -2.54. The van der Waals surface area contributed by atoms with E-state index in [4.69, 9.17) is 21.1 Å². The molecule has 0 N–H and O–H groups in total. The van der Waals surface area contributed by atoms with E-state index < -0.39 is 5.60 Å². The largest absolute Gasteiger partial charge is 0.487 e. The lowest BCUT2D eigenvalue weighted by atomic mass is 9.50. The Morgan fingerprint density at radius 2 is 1.82 bits per heavy atom. The molecule has 1 spiro atoms. The zero-order chi connectivity index (χ0) is 16.0. The summed E-state index contributed by atoms with van der Waals surface area (Å²) in [5.74, 6) is 0.639. The minimum Gasteiger partial charge on any atom is -0.487 e. The molecule has 0 unspecified atom stereocenters. The highest BCUT2D eigenvalue weighted by Gasteiger charge is 2.56. The van der Waals surface area contributed by atoms with E-state index in [1.807, 2.05) is 20.8 Å². The Morgan fingerprint density at radius 1 is 1.23 bits per heavy atom. The second-order valence-corrected chi connectivity index (χ2v) is 7.81. The number of esters is 1. The van der Waals surface area contributed by atoms with Crippen LogP contribution in [0.5, 0.6) is 5.75 Å². The van der Waals surface area contributed by atoms with Gasteiger partial charge in [0.25, 0.3) is 0 Å². The highest BCUT2D eigenvalue weighted by atomic mass is 35.5. The normalized spacial score (nSPS) is 30.4. The zero-order valence-electron chi connectivity index (χ0n) is 13.1. The molecule has 0 aromatic carbocycles. The summed E-state index contributed by atoms with van der Waals surface area (Å²) in [7, 11) is 0. The van der Waals surface area contributed by atoms with E-state index >= 15 is 0 Å². The quantitative estimate of drug-likeness (QED) is 0.630. The highest BCUT2D eigenvalue weighted by molar-refractivity contribution is 6.28. The average molecular weight is 325 g/mol. The van der Waals surface area contributed by atoms with Gasteiger partial charge in [-0.15, -0.1) is 0 Å². The number of carbonyl (C=O) groups excluding carboxylic acids is 1. The fraction of sp³-hybridized carbons (Fsp3) is 0.688. The molecule has 0 radical (unpaired) electrons. The Kier molecular flexibility index (Phi) is 3.79. The predicted molar refractivity (Wildman–Crippen MR) is 81.7 cm³/mol. The number of hydrogen-bond acceptors (Lipinski definition) is 5. The van der Waals surface area contributed by atoms with E-state index in [0.717, 1.165) is 25.7 Å². The van der Waals surface area contributed by atoms with Crippen molar-refractivity contribution in [2.75, 3.05) is 0 Å². The fourth-order valence-electron chi connectivity index (χ4n) is 3.41. The zero-order valence-corrected chi connectivity index (χ0v) is 13.9. The third kappa shape index (κ3) is 3.35. The van der Waals surface area contributed by atoms with Gasteiger partial charge in [-0.1, -0.05) is 0 Å². The average Bonchev–Trinajstić information content (AvgIpc) is 2.30. The number of hydrogen-bond donors (Lipinski definition) is 0. The van der Waals surface area contributed by atoms with Crippen LogP contribution in [0.3, 0.4) is 0 Å². The molecule has 2 aliphatic carbocycles. The molecule has 22 heavy (non-hydrogen) atoms. The number of halogens is 1. The minimum atomic E-state index is -0.403. The Morgan fingerprint density at radius 3 is 2.36 bits per heavy atom. The molecular weight excluding hydrogens is 304 g/mol. The van der Waals surface area contributed by atoms with Crippen molar-refractivity contribution in [3.63, 3.8) is 0 Å². The smallest absolute Gasteiger partial charge is 0.309 e. The van der Waals surface area contributed by atoms with Gasteiger partial charge in [0.1, 0.15) is 5.60 Å². The standard InChI is InChI=1S/C16H21ClN2O3/c1-15(2,3)22-13(20)10-4-16(5-10)6-11(7-16)21-12-8-18-14(17)19-9-12/h8-11H,4-7H2,1-3H3. The summed E-state index contributed by atoms with van der Waals surface area (Å²) >= 11 is 5.64. The van der Waals surface area contributed by atoms with E-state index in [0.29, 0.717) is 5.75 Å². The number of rotatable bonds is 3. The molecule has 1 aromatic heterocycles. The number of aromatic nitrogens is 2. The van der Waals surface area contributed by atoms with E-state index in [1.165, 1.54) is 0 Å². The monoisotopic (exact) mass is 324 g/mol. The van der Waals surface area contributed by atoms with Crippen molar-refractivity contribution in [1.82, 2.24) is 9.97 Å². The molecule has 120 valence electrons. The maximum atomic E-state index is 12.0. The summed E-state index contributed by atoms with van der Waals surface area (Å²) < 4.78 is 11.3. The van der Waals surface area contributed by atoms with Gasteiger partial charge in [0.2, 0.25) is 5.28 Å². The van der Waals surface area contributed by atoms with Crippen LogP contribution in [0, 0.1) is 11.3 Å². The van der Waals surface area contributed by atoms with E-state index in [-0.39, 0.29) is 28.7 Å². The first-order valence-electron chi connectivity index (χ1n) is 7.62. The van der Waals surface area contributed by atoms with Crippen LogP contribution in [0.1, 0.15) is 46.5 Å². The lowest BCUT2D eigenvalue weighted by molar-refractivity contribution is -0.178. The molecule has 0 aliphatic heterocycles. The van der Waals surface area contributed by atoms with Crippen LogP contribution in [0.4, 0.5) is 0 Å². The Hall–Kier alpha value is -1.36. The molecule has 0 atom stereocenters. The van der Waals surface area contributed by atoms with E-state index in [9.17, 15) is 4.79 Å². The van der Waals surface area contributed by atoms with Crippen LogP contribution in [-0.2, 0) is 9.53 Å². The molecule has 0 bridgehead atoms. The Labute approximate surface area is 135 Å². The van der Waals surface area contributed by atoms with Crippen molar-refractivity contribution in [3.8, 4) is 5.75 Å². The fourth-order valence-corrected chi connectivity index (χ4v) is 3.51. The molecule has 5 nitrogen and oxygen atoms in total. The van der Waals surface area contributed by atoms with Crippen molar-refractivity contribution >= 4 is 17.6 Å². The maximum absolute atomic E-state index is 12.0. The summed E-state index contributed by atoms with van der Waals surface area (Å²) in [5.41, 5.74) is -0.126. The van der Waals surface area contributed by atoms with Gasteiger partial charge >= 0.3 is 5.97 Å².